The minimum Gasteiger partial charge on any atom is -0.394 e. The van der Waals surface area contributed by atoms with E-state index in [2.05, 4.69) is 0 Å². The zero-order valence-electron chi connectivity index (χ0n) is 8.71. The summed E-state index contributed by atoms with van der Waals surface area (Å²) in [5.41, 5.74) is 0. The molecule has 4 atom stereocenters. The first-order valence-electron chi connectivity index (χ1n) is 4.89. The zero-order valence-corrected chi connectivity index (χ0v) is 8.71. The van der Waals surface area contributed by atoms with Gasteiger partial charge in [0.1, 0.15) is 24.9 Å². The Kier molecular flexibility index (Phi) is 2.53. The minimum absolute atomic E-state index is 0.0364. The van der Waals surface area contributed by atoms with Gasteiger partial charge in [0.2, 0.25) is 5.79 Å². The molecule has 3 N–H and O–H groups in total. The van der Waals surface area contributed by atoms with E-state index in [-0.39, 0.29) is 13.2 Å². The molecule has 0 aromatic rings. The Hall–Kier alpha value is -0.240. The Morgan fingerprint density at radius 2 is 2.00 bits per heavy atom. The van der Waals surface area contributed by atoms with Crippen molar-refractivity contribution in [2.24, 2.45) is 0 Å². The molecular weight excluding hydrogens is 204 g/mol. The van der Waals surface area contributed by atoms with Crippen molar-refractivity contribution in [3.8, 4) is 0 Å². The van der Waals surface area contributed by atoms with Crippen LogP contribution in [0.15, 0.2) is 0 Å². The van der Waals surface area contributed by atoms with E-state index in [0.29, 0.717) is 0 Å². The molecule has 1 unspecified atom stereocenters. The van der Waals surface area contributed by atoms with Gasteiger partial charge in [-0.15, -0.1) is 0 Å². The van der Waals surface area contributed by atoms with Crippen LogP contribution in [0.3, 0.4) is 0 Å². The Bertz CT molecular complexity index is 255. The van der Waals surface area contributed by atoms with E-state index in [9.17, 15) is 10.2 Å². The molecule has 0 aliphatic carbocycles. The molecule has 0 radical (unpaired) electrons. The van der Waals surface area contributed by atoms with Crippen molar-refractivity contribution >= 4 is 0 Å². The highest BCUT2D eigenvalue weighted by Gasteiger charge is 2.61. The van der Waals surface area contributed by atoms with Crippen LogP contribution >= 0.6 is 0 Å². The molecule has 2 saturated heterocycles. The van der Waals surface area contributed by atoms with Gasteiger partial charge in [-0.1, -0.05) is 0 Å². The summed E-state index contributed by atoms with van der Waals surface area (Å²) in [6.45, 7) is 3.05. The van der Waals surface area contributed by atoms with Crippen LogP contribution in [-0.4, -0.2) is 58.4 Å². The summed E-state index contributed by atoms with van der Waals surface area (Å²) in [6, 6.07) is 0. The Balaban J connectivity index is 2.18. The maximum atomic E-state index is 9.79. The number of hydrogen-bond donors (Lipinski definition) is 3. The van der Waals surface area contributed by atoms with Gasteiger partial charge >= 0.3 is 0 Å². The number of aliphatic hydroxyl groups excluding tert-OH is 3. The molecule has 0 saturated carbocycles. The van der Waals surface area contributed by atoms with Gasteiger partial charge in [-0.2, -0.15) is 0 Å². The van der Waals surface area contributed by atoms with Gasteiger partial charge in [0, 0.05) is 0 Å². The Morgan fingerprint density at radius 1 is 1.33 bits per heavy atom. The molecule has 1 spiro atoms. The first-order valence-corrected chi connectivity index (χ1v) is 4.89. The summed E-state index contributed by atoms with van der Waals surface area (Å²) in [5.74, 6) is -2.21. The molecule has 2 fully saturated rings. The molecule has 15 heavy (non-hydrogen) atoms. The standard InChI is InChI=1S/C9H16O6/c1-8(2)13-4-9(15-8)7(12)6(11)5(3-10)14-9/h5-7,10-12H,3-4H2,1-2H3/t5-,6+,7-,9?/m0/s1. The maximum absolute atomic E-state index is 9.79. The largest absolute Gasteiger partial charge is 0.394 e. The van der Waals surface area contributed by atoms with Crippen molar-refractivity contribution in [1.82, 2.24) is 0 Å². The summed E-state index contributed by atoms with van der Waals surface area (Å²) in [4.78, 5) is 0. The summed E-state index contributed by atoms with van der Waals surface area (Å²) in [7, 11) is 0. The molecule has 6 nitrogen and oxygen atoms in total. The fourth-order valence-electron chi connectivity index (χ4n) is 1.96. The van der Waals surface area contributed by atoms with Gasteiger partial charge in [-0.3, -0.25) is 0 Å². The maximum Gasteiger partial charge on any atom is 0.224 e. The molecule has 0 bridgehead atoms. The highest BCUT2D eigenvalue weighted by molar-refractivity contribution is 4.99. The lowest BCUT2D eigenvalue weighted by atomic mass is 10.1. The van der Waals surface area contributed by atoms with Gasteiger partial charge in [-0.25, -0.2) is 0 Å². The molecule has 2 aliphatic heterocycles. The third-order valence-electron chi connectivity index (χ3n) is 2.73. The van der Waals surface area contributed by atoms with Crippen molar-refractivity contribution in [2.75, 3.05) is 13.2 Å². The normalized spacial score (nSPS) is 49.0. The molecule has 2 rings (SSSR count). The summed E-state index contributed by atoms with van der Waals surface area (Å²) in [5, 5.41) is 28.3. The van der Waals surface area contributed by atoms with Gasteiger partial charge in [0.25, 0.3) is 0 Å². The first kappa shape index (κ1) is 11.3. The lowest BCUT2D eigenvalue weighted by Crippen LogP contribution is -2.46. The van der Waals surface area contributed by atoms with Crippen LogP contribution in [-0.2, 0) is 14.2 Å². The molecule has 0 aromatic heterocycles. The molecule has 88 valence electrons. The van der Waals surface area contributed by atoms with Crippen LogP contribution in [0.5, 0.6) is 0 Å². The third kappa shape index (κ3) is 1.67. The molecule has 2 heterocycles. The lowest BCUT2D eigenvalue weighted by Gasteiger charge is -2.26. The summed E-state index contributed by atoms with van der Waals surface area (Å²) < 4.78 is 16.1. The van der Waals surface area contributed by atoms with E-state index < -0.39 is 29.9 Å². The van der Waals surface area contributed by atoms with Crippen LogP contribution in [0, 0.1) is 0 Å². The van der Waals surface area contributed by atoms with Crippen LogP contribution in [0.25, 0.3) is 0 Å². The van der Waals surface area contributed by atoms with Crippen LogP contribution in [0.4, 0.5) is 0 Å². The Morgan fingerprint density at radius 3 is 2.40 bits per heavy atom. The van der Waals surface area contributed by atoms with Gasteiger partial charge in [-0.05, 0) is 13.8 Å². The smallest absolute Gasteiger partial charge is 0.224 e. The molecule has 0 aromatic carbocycles. The second-order valence-electron chi connectivity index (χ2n) is 4.38. The Labute approximate surface area is 87.4 Å². The summed E-state index contributed by atoms with van der Waals surface area (Å²) in [6.07, 6.45) is -3.21. The SMILES string of the molecule is CC1(C)OCC2(O[C@@H](CO)[C@@H](O)[C@@H]2O)O1. The van der Waals surface area contributed by atoms with Gasteiger partial charge in [0.15, 0.2) is 5.79 Å². The first-order chi connectivity index (χ1) is 6.90. The van der Waals surface area contributed by atoms with E-state index in [1.165, 1.54) is 0 Å². The van der Waals surface area contributed by atoms with Crippen LogP contribution in [0.2, 0.25) is 0 Å². The third-order valence-corrected chi connectivity index (χ3v) is 2.73. The average molecular weight is 220 g/mol. The minimum atomic E-state index is -1.35. The van der Waals surface area contributed by atoms with Crippen molar-refractivity contribution in [3.63, 3.8) is 0 Å². The quantitative estimate of drug-likeness (QED) is 0.502. The van der Waals surface area contributed by atoms with E-state index in [1.54, 1.807) is 13.8 Å². The van der Waals surface area contributed by atoms with Gasteiger partial charge in [0.05, 0.1) is 6.61 Å². The predicted octanol–water partition coefficient (Wildman–Crippen LogP) is -1.42. The summed E-state index contributed by atoms with van der Waals surface area (Å²) >= 11 is 0. The highest BCUT2D eigenvalue weighted by atomic mass is 16.8. The van der Waals surface area contributed by atoms with Crippen molar-refractivity contribution in [2.45, 2.75) is 43.7 Å². The van der Waals surface area contributed by atoms with Crippen LogP contribution < -0.4 is 0 Å². The zero-order chi connectivity index (χ0) is 11.3. The number of ether oxygens (including phenoxy) is 3. The molecule has 2 aliphatic rings. The number of rotatable bonds is 1. The van der Waals surface area contributed by atoms with E-state index >= 15 is 0 Å². The molecule has 6 heteroatoms. The van der Waals surface area contributed by atoms with Crippen molar-refractivity contribution in [1.29, 1.82) is 0 Å². The van der Waals surface area contributed by atoms with Crippen LogP contribution in [0.1, 0.15) is 13.8 Å². The van der Waals surface area contributed by atoms with Gasteiger partial charge < -0.3 is 29.5 Å². The average Bonchev–Trinajstić information content (AvgIpc) is 2.60. The van der Waals surface area contributed by atoms with E-state index in [4.69, 9.17) is 19.3 Å². The predicted molar refractivity (Wildman–Crippen MR) is 47.8 cm³/mol. The lowest BCUT2D eigenvalue weighted by molar-refractivity contribution is -0.270. The monoisotopic (exact) mass is 220 g/mol. The second kappa shape index (κ2) is 3.38. The molecule has 0 amide bonds. The van der Waals surface area contributed by atoms with E-state index in [0.717, 1.165) is 0 Å². The number of aliphatic hydroxyl groups is 3. The topological polar surface area (TPSA) is 88.4 Å². The highest BCUT2D eigenvalue weighted by Crippen LogP contribution is 2.41. The number of hydrogen-bond acceptors (Lipinski definition) is 6. The van der Waals surface area contributed by atoms with Crippen molar-refractivity contribution < 1.29 is 29.5 Å². The van der Waals surface area contributed by atoms with Crippen molar-refractivity contribution in [3.05, 3.63) is 0 Å². The molecular formula is C9H16O6. The fraction of sp³-hybridized carbons (Fsp3) is 1.00. The fourth-order valence-corrected chi connectivity index (χ4v) is 1.96. The second-order valence-corrected chi connectivity index (χ2v) is 4.38. The van der Waals surface area contributed by atoms with E-state index in [1.807, 2.05) is 0 Å².